The third-order valence-electron chi connectivity index (χ3n) is 0. The molecule has 0 aliphatic heterocycles. The predicted molar refractivity (Wildman–Crippen MR) is 35.4 cm³/mol. The summed E-state index contributed by atoms with van der Waals surface area (Å²) in [5.41, 5.74) is 0. The average molecular weight is 209 g/mol. The standard InChI is InChI=1S/CH3.4ClH.Ti/h1H3;4*1H;/q-1;;;;;. The largest absolute Gasteiger partial charge is 0.358 e. The minimum atomic E-state index is 0. The average Bonchev–Trinajstić information content (AvgIpc) is 0. The number of hydrogen-bond donors (Lipinski definition) is 0. The van der Waals surface area contributed by atoms with Gasteiger partial charge < -0.3 is 7.43 Å². The van der Waals surface area contributed by atoms with Gasteiger partial charge in [-0.15, -0.1) is 49.6 Å². The van der Waals surface area contributed by atoms with Crippen molar-refractivity contribution in [1.82, 2.24) is 0 Å². The zero-order valence-corrected chi connectivity index (χ0v) is 7.96. The quantitative estimate of drug-likeness (QED) is 0.423. The third-order valence-corrected chi connectivity index (χ3v) is 0. The van der Waals surface area contributed by atoms with Gasteiger partial charge in [-0.3, -0.25) is 0 Å². The van der Waals surface area contributed by atoms with Gasteiger partial charge in [0.2, 0.25) is 0 Å². The minimum Gasteiger partial charge on any atom is -0.358 e. The van der Waals surface area contributed by atoms with Crippen molar-refractivity contribution in [2.75, 3.05) is 0 Å². The monoisotopic (exact) mass is 207 g/mol. The molecule has 0 unspecified atom stereocenters. The van der Waals surface area contributed by atoms with Crippen molar-refractivity contribution < 1.29 is 21.7 Å². The maximum Gasteiger partial charge on any atom is 0 e. The zero-order valence-electron chi connectivity index (χ0n) is 3.13. The molecule has 0 saturated heterocycles. The molecule has 0 aromatic carbocycles. The Kier molecular flexibility index (Phi) is 1190. The summed E-state index contributed by atoms with van der Waals surface area (Å²) >= 11 is 0. The Hall–Kier alpha value is 1.87. The van der Waals surface area contributed by atoms with Gasteiger partial charge >= 0.3 is 0 Å². The molecule has 0 radical (unpaired) electrons. The number of halogens is 4. The van der Waals surface area contributed by atoms with E-state index in [1.165, 1.54) is 0 Å². The van der Waals surface area contributed by atoms with Crippen molar-refractivity contribution in [3.63, 3.8) is 0 Å². The topological polar surface area (TPSA) is 0 Å². The summed E-state index contributed by atoms with van der Waals surface area (Å²) in [6.07, 6.45) is 0. The van der Waals surface area contributed by atoms with Gasteiger partial charge in [-0.05, 0) is 0 Å². The van der Waals surface area contributed by atoms with E-state index < -0.39 is 0 Å². The molecular weight excluding hydrogens is 202 g/mol. The molecule has 0 amide bonds. The summed E-state index contributed by atoms with van der Waals surface area (Å²) in [7, 11) is 0. The van der Waals surface area contributed by atoms with Crippen LogP contribution in [0.25, 0.3) is 0 Å². The van der Waals surface area contributed by atoms with E-state index in [0.717, 1.165) is 0 Å². The first-order chi connectivity index (χ1) is 0. The van der Waals surface area contributed by atoms with Crippen LogP contribution in [0.4, 0.5) is 0 Å². The first-order valence-corrected chi connectivity index (χ1v) is 0. The van der Waals surface area contributed by atoms with Crippen molar-refractivity contribution in [2.24, 2.45) is 0 Å². The van der Waals surface area contributed by atoms with Crippen molar-refractivity contribution in [2.45, 2.75) is 0 Å². The molecule has 0 aromatic rings. The molecule has 5 heteroatoms. The minimum absolute atomic E-state index is 0. The molecular formula is CH7Cl4Ti-. The molecule has 0 N–H and O–H groups in total. The Bertz CT molecular complexity index is 7.51. The van der Waals surface area contributed by atoms with Crippen LogP contribution in [-0.2, 0) is 21.7 Å². The van der Waals surface area contributed by atoms with E-state index >= 15 is 0 Å². The van der Waals surface area contributed by atoms with Crippen molar-refractivity contribution >= 4 is 49.6 Å². The van der Waals surface area contributed by atoms with E-state index in [1.807, 2.05) is 0 Å². The van der Waals surface area contributed by atoms with Crippen molar-refractivity contribution in [3.8, 4) is 0 Å². The second-order valence-electron chi connectivity index (χ2n) is 0. The van der Waals surface area contributed by atoms with Crippen LogP contribution in [0.3, 0.4) is 0 Å². The van der Waals surface area contributed by atoms with Gasteiger partial charge in [0.25, 0.3) is 0 Å². The summed E-state index contributed by atoms with van der Waals surface area (Å²) < 4.78 is 0. The Balaban J connectivity index is 0. The summed E-state index contributed by atoms with van der Waals surface area (Å²) in [6, 6.07) is 0. The van der Waals surface area contributed by atoms with Crippen LogP contribution in [-0.4, -0.2) is 0 Å². The van der Waals surface area contributed by atoms with Crippen LogP contribution >= 0.6 is 49.6 Å². The summed E-state index contributed by atoms with van der Waals surface area (Å²) in [5, 5.41) is 0. The van der Waals surface area contributed by atoms with E-state index in [1.54, 1.807) is 0 Å². The summed E-state index contributed by atoms with van der Waals surface area (Å²) in [4.78, 5) is 0. The van der Waals surface area contributed by atoms with Gasteiger partial charge in [0.15, 0.2) is 0 Å². The Morgan fingerprint density at radius 3 is 0.500 bits per heavy atom. The maximum absolute atomic E-state index is 0. The molecule has 0 saturated carbocycles. The molecule has 0 aliphatic rings. The van der Waals surface area contributed by atoms with E-state index in [2.05, 4.69) is 0 Å². The van der Waals surface area contributed by atoms with Gasteiger partial charge in [0.1, 0.15) is 0 Å². The fraction of sp³-hybridized carbons (Fsp3) is 0. The van der Waals surface area contributed by atoms with E-state index in [-0.39, 0.29) is 78.8 Å². The van der Waals surface area contributed by atoms with Crippen LogP contribution in [0.2, 0.25) is 0 Å². The van der Waals surface area contributed by atoms with Crippen LogP contribution in [0.1, 0.15) is 0 Å². The van der Waals surface area contributed by atoms with Gasteiger partial charge in [0, 0.05) is 21.7 Å². The van der Waals surface area contributed by atoms with Crippen molar-refractivity contribution in [3.05, 3.63) is 7.43 Å². The van der Waals surface area contributed by atoms with Crippen LogP contribution in [0.5, 0.6) is 0 Å². The zero-order chi connectivity index (χ0) is 0. The Morgan fingerprint density at radius 1 is 0.500 bits per heavy atom. The molecule has 44 valence electrons. The van der Waals surface area contributed by atoms with Gasteiger partial charge in [0.05, 0.1) is 0 Å². The van der Waals surface area contributed by atoms with Gasteiger partial charge in [-0.2, -0.15) is 0 Å². The summed E-state index contributed by atoms with van der Waals surface area (Å²) in [6.45, 7) is 0. The molecule has 0 fully saturated rings. The Labute approximate surface area is 78.4 Å². The van der Waals surface area contributed by atoms with Crippen LogP contribution in [0, 0.1) is 7.43 Å². The molecule has 6 heavy (non-hydrogen) atoms. The molecule has 0 aliphatic carbocycles. The molecule has 0 rings (SSSR count). The second kappa shape index (κ2) is 67.5. The fourth-order valence-corrected chi connectivity index (χ4v) is 0. The summed E-state index contributed by atoms with van der Waals surface area (Å²) in [5.74, 6) is 0. The molecule has 0 atom stereocenters. The molecule has 0 aromatic heterocycles. The second-order valence-corrected chi connectivity index (χ2v) is 0. The van der Waals surface area contributed by atoms with E-state index in [0.29, 0.717) is 0 Å². The molecule has 0 heterocycles. The van der Waals surface area contributed by atoms with Gasteiger partial charge in [-0.1, -0.05) is 0 Å². The number of rotatable bonds is 0. The maximum atomic E-state index is 0. The molecule has 0 bridgehead atoms. The first kappa shape index (κ1) is 106. The predicted octanol–water partition coefficient (Wildman–Crippen LogP) is 2.13. The molecule has 0 nitrogen and oxygen atoms in total. The molecule has 0 spiro atoms. The Morgan fingerprint density at radius 2 is 0.500 bits per heavy atom. The number of hydrogen-bond acceptors (Lipinski definition) is 0. The first-order valence-electron chi connectivity index (χ1n) is 0. The SMILES string of the molecule is Cl.Cl.Cl.Cl.[CH3-].[Ti]. The van der Waals surface area contributed by atoms with Crippen LogP contribution < -0.4 is 0 Å². The van der Waals surface area contributed by atoms with Crippen LogP contribution in [0.15, 0.2) is 0 Å². The van der Waals surface area contributed by atoms with Gasteiger partial charge in [-0.25, -0.2) is 0 Å². The third kappa shape index (κ3) is 39.7. The van der Waals surface area contributed by atoms with E-state index in [4.69, 9.17) is 0 Å². The fourth-order valence-electron chi connectivity index (χ4n) is 0. The van der Waals surface area contributed by atoms with Crippen molar-refractivity contribution in [1.29, 1.82) is 0 Å². The smallest absolute Gasteiger partial charge is 0 e. The normalized spacial score (nSPS) is 0. The van der Waals surface area contributed by atoms with E-state index in [9.17, 15) is 0 Å².